The summed E-state index contributed by atoms with van der Waals surface area (Å²) >= 11 is 12.0. The molecule has 0 amide bonds. The molecule has 100 valence electrons. The number of hydrogen-bond donors (Lipinski definition) is 2. The quantitative estimate of drug-likeness (QED) is 0.740. The Hall–Kier alpha value is -1.38. The Kier molecular flexibility index (Phi) is 5.37. The lowest BCUT2D eigenvalue weighted by Crippen LogP contribution is -2.09. The van der Waals surface area contributed by atoms with Crippen molar-refractivity contribution in [3.8, 4) is 0 Å². The molecule has 2 aromatic carbocycles. The average molecular weight is 295 g/mol. The maximum atomic E-state index is 6.07. The van der Waals surface area contributed by atoms with E-state index in [0.29, 0.717) is 10.0 Å². The van der Waals surface area contributed by atoms with E-state index in [9.17, 15) is 0 Å². The highest BCUT2D eigenvalue weighted by Gasteiger charge is 2.00. The summed E-state index contributed by atoms with van der Waals surface area (Å²) < 4.78 is 0. The van der Waals surface area contributed by atoms with Crippen LogP contribution in [0.25, 0.3) is 0 Å². The van der Waals surface area contributed by atoms with Crippen LogP contribution >= 0.6 is 23.2 Å². The number of benzene rings is 2. The number of rotatable bonds is 6. The van der Waals surface area contributed by atoms with Crippen LogP contribution in [-0.4, -0.2) is 13.1 Å². The van der Waals surface area contributed by atoms with E-state index in [1.54, 1.807) is 12.1 Å². The van der Waals surface area contributed by atoms with Gasteiger partial charge >= 0.3 is 0 Å². The fourth-order valence-corrected chi connectivity index (χ4v) is 2.09. The third-order valence-electron chi connectivity index (χ3n) is 2.70. The van der Waals surface area contributed by atoms with Gasteiger partial charge in [0.25, 0.3) is 0 Å². The van der Waals surface area contributed by atoms with Gasteiger partial charge in [-0.25, -0.2) is 0 Å². The molecule has 2 nitrogen and oxygen atoms in total. The van der Waals surface area contributed by atoms with Crippen LogP contribution in [0, 0.1) is 0 Å². The molecule has 2 N–H and O–H groups in total. The van der Waals surface area contributed by atoms with Gasteiger partial charge in [-0.1, -0.05) is 41.4 Å². The summed E-state index contributed by atoms with van der Waals surface area (Å²) in [5.74, 6) is 0. The first-order valence-electron chi connectivity index (χ1n) is 6.23. The maximum Gasteiger partial charge on any atom is 0.0638 e. The van der Waals surface area contributed by atoms with Crippen molar-refractivity contribution in [2.75, 3.05) is 23.7 Å². The van der Waals surface area contributed by atoms with Crippen molar-refractivity contribution < 1.29 is 0 Å². The smallest absolute Gasteiger partial charge is 0.0638 e. The SMILES string of the molecule is Clc1ccc(Cl)c(NCCCNc2ccccc2)c1. The molecule has 0 radical (unpaired) electrons. The average Bonchev–Trinajstić information content (AvgIpc) is 2.43. The largest absolute Gasteiger partial charge is 0.385 e. The topological polar surface area (TPSA) is 24.1 Å². The summed E-state index contributed by atoms with van der Waals surface area (Å²) in [5, 5.41) is 8.03. The predicted octanol–water partition coefficient (Wildman–Crippen LogP) is 4.91. The molecule has 2 rings (SSSR count). The lowest BCUT2D eigenvalue weighted by molar-refractivity contribution is 0.909. The minimum absolute atomic E-state index is 0.689. The maximum absolute atomic E-state index is 6.07. The van der Waals surface area contributed by atoms with Crippen molar-refractivity contribution in [2.24, 2.45) is 0 Å². The Morgan fingerprint density at radius 2 is 1.58 bits per heavy atom. The van der Waals surface area contributed by atoms with Crippen LogP contribution in [0.1, 0.15) is 6.42 Å². The van der Waals surface area contributed by atoms with Gasteiger partial charge in [-0.15, -0.1) is 0 Å². The molecule has 0 bridgehead atoms. The molecule has 0 heterocycles. The van der Waals surface area contributed by atoms with Gasteiger partial charge in [-0.05, 0) is 36.8 Å². The van der Waals surface area contributed by atoms with Crippen LogP contribution in [0.15, 0.2) is 48.5 Å². The van der Waals surface area contributed by atoms with E-state index in [0.717, 1.165) is 30.9 Å². The van der Waals surface area contributed by atoms with Crippen molar-refractivity contribution in [3.05, 3.63) is 58.6 Å². The number of anilines is 2. The van der Waals surface area contributed by atoms with Crippen molar-refractivity contribution in [1.82, 2.24) is 0 Å². The molecular formula is C15H16Cl2N2. The molecule has 0 aromatic heterocycles. The van der Waals surface area contributed by atoms with E-state index in [1.165, 1.54) is 0 Å². The van der Waals surface area contributed by atoms with E-state index >= 15 is 0 Å². The molecule has 0 atom stereocenters. The van der Waals surface area contributed by atoms with E-state index < -0.39 is 0 Å². The van der Waals surface area contributed by atoms with Gasteiger partial charge in [0.1, 0.15) is 0 Å². The molecule has 0 unspecified atom stereocenters. The fraction of sp³-hybridized carbons (Fsp3) is 0.200. The third-order valence-corrected chi connectivity index (χ3v) is 3.27. The molecule has 0 saturated heterocycles. The van der Waals surface area contributed by atoms with Crippen molar-refractivity contribution >= 4 is 34.6 Å². The number of halogens is 2. The Balaban J connectivity index is 1.71. The summed E-state index contributed by atoms with van der Waals surface area (Å²) in [7, 11) is 0. The molecule has 2 aromatic rings. The summed E-state index contributed by atoms with van der Waals surface area (Å²) in [6, 6.07) is 15.6. The van der Waals surface area contributed by atoms with Gasteiger partial charge in [-0.3, -0.25) is 0 Å². The van der Waals surface area contributed by atoms with Crippen molar-refractivity contribution in [2.45, 2.75) is 6.42 Å². The van der Waals surface area contributed by atoms with Gasteiger partial charge in [0.2, 0.25) is 0 Å². The van der Waals surface area contributed by atoms with E-state index in [-0.39, 0.29) is 0 Å². The zero-order chi connectivity index (χ0) is 13.5. The number of hydrogen-bond acceptors (Lipinski definition) is 2. The zero-order valence-corrected chi connectivity index (χ0v) is 12.0. The van der Waals surface area contributed by atoms with Crippen LogP contribution in [0.3, 0.4) is 0 Å². The lowest BCUT2D eigenvalue weighted by Gasteiger charge is -2.10. The molecule has 0 spiro atoms. The minimum atomic E-state index is 0.689. The Morgan fingerprint density at radius 1 is 0.842 bits per heavy atom. The number of para-hydroxylation sites is 1. The first-order chi connectivity index (χ1) is 9.25. The summed E-state index contributed by atoms with van der Waals surface area (Å²) in [6.45, 7) is 1.76. The Labute approximate surface area is 123 Å². The van der Waals surface area contributed by atoms with Crippen LogP contribution < -0.4 is 10.6 Å². The first-order valence-corrected chi connectivity index (χ1v) is 6.99. The second kappa shape index (κ2) is 7.27. The van der Waals surface area contributed by atoms with Crippen molar-refractivity contribution in [3.63, 3.8) is 0 Å². The zero-order valence-electron chi connectivity index (χ0n) is 10.5. The standard InChI is InChI=1S/C15H16Cl2N2/c16-12-7-8-14(17)15(11-12)19-10-4-9-18-13-5-2-1-3-6-13/h1-3,5-8,11,18-19H,4,9-10H2. The van der Waals surface area contributed by atoms with Crippen LogP contribution in [0.5, 0.6) is 0 Å². The highest BCUT2D eigenvalue weighted by molar-refractivity contribution is 6.35. The summed E-state index contributed by atoms with van der Waals surface area (Å²) in [5.41, 5.74) is 2.03. The molecule has 0 saturated carbocycles. The normalized spacial score (nSPS) is 10.2. The third kappa shape index (κ3) is 4.66. The van der Waals surface area contributed by atoms with Crippen LogP contribution in [-0.2, 0) is 0 Å². The molecule has 19 heavy (non-hydrogen) atoms. The molecule has 0 aliphatic carbocycles. The minimum Gasteiger partial charge on any atom is -0.385 e. The molecular weight excluding hydrogens is 279 g/mol. The molecule has 0 fully saturated rings. The van der Waals surface area contributed by atoms with E-state index in [2.05, 4.69) is 22.8 Å². The lowest BCUT2D eigenvalue weighted by atomic mass is 10.3. The van der Waals surface area contributed by atoms with E-state index in [1.807, 2.05) is 24.3 Å². The monoisotopic (exact) mass is 294 g/mol. The Morgan fingerprint density at radius 3 is 2.37 bits per heavy atom. The molecule has 4 heteroatoms. The van der Waals surface area contributed by atoms with Gasteiger partial charge in [0, 0.05) is 23.8 Å². The van der Waals surface area contributed by atoms with Crippen molar-refractivity contribution in [1.29, 1.82) is 0 Å². The Bertz CT molecular complexity index is 515. The van der Waals surface area contributed by atoms with E-state index in [4.69, 9.17) is 23.2 Å². The van der Waals surface area contributed by atoms with Gasteiger partial charge in [0.15, 0.2) is 0 Å². The second-order valence-electron chi connectivity index (χ2n) is 4.20. The molecule has 0 aliphatic rings. The van der Waals surface area contributed by atoms with Crippen LogP contribution in [0.4, 0.5) is 11.4 Å². The van der Waals surface area contributed by atoms with Gasteiger partial charge < -0.3 is 10.6 Å². The highest BCUT2D eigenvalue weighted by Crippen LogP contribution is 2.25. The summed E-state index contributed by atoms with van der Waals surface area (Å²) in [4.78, 5) is 0. The molecule has 0 aliphatic heterocycles. The highest BCUT2D eigenvalue weighted by atomic mass is 35.5. The predicted molar refractivity (Wildman–Crippen MR) is 84.5 cm³/mol. The fourth-order valence-electron chi connectivity index (χ4n) is 1.73. The van der Waals surface area contributed by atoms with Gasteiger partial charge in [0.05, 0.1) is 10.7 Å². The van der Waals surface area contributed by atoms with Crippen LogP contribution in [0.2, 0.25) is 10.0 Å². The van der Waals surface area contributed by atoms with Gasteiger partial charge in [-0.2, -0.15) is 0 Å². The second-order valence-corrected chi connectivity index (χ2v) is 5.04. The first kappa shape index (κ1) is 14.0. The summed E-state index contributed by atoms with van der Waals surface area (Å²) in [6.07, 6.45) is 0.998. The number of nitrogens with one attached hydrogen (secondary N) is 2.